The van der Waals surface area contributed by atoms with E-state index in [4.69, 9.17) is 0 Å². The quantitative estimate of drug-likeness (QED) is 0.770. The van der Waals surface area contributed by atoms with Crippen molar-refractivity contribution >= 4 is 22.8 Å². The number of aromatic nitrogens is 3. The Morgan fingerprint density at radius 2 is 2.07 bits per heavy atom. The van der Waals surface area contributed by atoms with E-state index in [0.29, 0.717) is 17.8 Å². The number of nitrogens with zero attached hydrogens (tertiary/aromatic N) is 4. The normalized spacial score (nSPS) is 17.1. The molecule has 1 aliphatic rings. The number of hydrogen-bond acceptors (Lipinski definition) is 5. The van der Waals surface area contributed by atoms with Crippen molar-refractivity contribution in [2.45, 2.75) is 19.4 Å². The topological polar surface area (TPSA) is 71.0 Å². The van der Waals surface area contributed by atoms with Gasteiger partial charge in [0, 0.05) is 37.6 Å². The molecule has 1 amide bonds. The van der Waals surface area contributed by atoms with Crippen LogP contribution in [0.15, 0.2) is 48.9 Å². The maximum Gasteiger partial charge on any atom is 0.225 e. The van der Waals surface area contributed by atoms with E-state index in [2.05, 4.69) is 25.2 Å². The summed E-state index contributed by atoms with van der Waals surface area (Å²) in [4.78, 5) is 27.6. The highest BCUT2D eigenvalue weighted by molar-refractivity contribution is 5.80. The number of fused-ring (bicyclic) bond motifs is 1. The third kappa shape index (κ3) is 3.86. The van der Waals surface area contributed by atoms with Crippen molar-refractivity contribution in [1.29, 1.82) is 0 Å². The van der Waals surface area contributed by atoms with Crippen LogP contribution < -0.4 is 10.2 Å². The zero-order valence-electron chi connectivity index (χ0n) is 14.8. The Bertz CT molecular complexity index is 964. The van der Waals surface area contributed by atoms with Crippen molar-refractivity contribution in [3.8, 4) is 0 Å². The number of nitrogens with one attached hydrogen (secondary N) is 1. The number of halogens is 1. The average Bonchev–Trinajstić information content (AvgIpc) is 2.72. The van der Waals surface area contributed by atoms with Crippen LogP contribution in [0.1, 0.15) is 18.4 Å². The molecule has 0 unspecified atom stereocenters. The molecule has 1 aromatic carbocycles. The van der Waals surface area contributed by atoms with Gasteiger partial charge in [-0.3, -0.25) is 9.78 Å². The van der Waals surface area contributed by atoms with Crippen LogP contribution in [0, 0.1) is 11.7 Å². The van der Waals surface area contributed by atoms with Crippen LogP contribution in [0.3, 0.4) is 0 Å². The van der Waals surface area contributed by atoms with Crippen LogP contribution in [-0.2, 0) is 11.3 Å². The molecule has 0 bridgehead atoms. The van der Waals surface area contributed by atoms with Gasteiger partial charge in [-0.25, -0.2) is 14.4 Å². The number of hydrogen-bond donors (Lipinski definition) is 1. The highest BCUT2D eigenvalue weighted by atomic mass is 19.1. The molecular formula is C20H20FN5O. The van der Waals surface area contributed by atoms with Crippen LogP contribution in [0.4, 0.5) is 10.1 Å². The molecule has 0 aliphatic carbocycles. The van der Waals surface area contributed by atoms with Gasteiger partial charge >= 0.3 is 0 Å². The lowest BCUT2D eigenvalue weighted by Crippen LogP contribution is -2.43. The summed E-state index contributed by atoms with van der Waals surface area (Å²) in [6, 6.07) is 8.45. The monoisotopic (exact) mass is 365 g/mol. The fraction of sp³-hybridized carbons (Fsp3) is 0.300. The summed E-state index contributed by atoms with van der Waals surface area (Å²) in [6.07, 6.45) is 6.77. The third-order valence-electron chi connectivity index (χ3n) is 4.88. The Labute approximate surface area is 156 Å². The molecule has 1 fully saturated rings. The molecule has 1 N–H and O–H groups in total. The van der Waals surface area contributed by atoms with Crippen molar-refractivity contribution in [2.24, 2.45) is 5.92 Å². The molecule has 6 nitrogen and oxygen atoms in total. The Balaban J connectivity index is 1.42. The van der Waals surface area contributed by atoms with E-state index in [1.807, 2.05) is 6.07 Å². The lowest BCUT2D eigenvalue weighted by Gasteiger charge is -2.33. The average molecular weight is 365 g/mol. The first-order valence-electron chi connectivity index (χ1n) is 9.03. The number of carbonyl (C=O) groups excluding carboxylic acids is 1. The van der Waals surface area contributed by atoms with Crippen LogP contribution in [0.25, 0.3) is 11.2 Å². The van der Waals surface area contributed by atoms with Gasteiger partial charge in [0.25, 0.3) is 0 Å². The lowest BCUT2D eigenvalue weighted by molar-refractivity contribution is -0.125. The van der Waals surface area contributed by atoms with Crippen LogP contribution in [0.5, 0.6) is 0 Å². The SMILES string of the molecule is O=C(NCc1ccccc1F)[C@@H]1CCCN(c2cnc3nccnc3c2)C1. The molecule has 2 aromatic heterocycles. The summed E-state index contributed by atoms with van der Waals surface area (Å²) in [5.41, 5.74) is 2.78. The molecule has 3 heterocycles. The van der Waals surface area contributed by atoms with Gasteiger partial charge in [-0.05, 0) is 25.0 Å². The second-order valence-corrected chi connectivity index (χ2v) is 6.69. The van der Waals surface area contributed by atoms with Crippen LogP contribution in [0.2, 0.25) is 0 Å². The minimum Gasteiger partial charge on any atom is -0.369 e. The minimum absolute atomic E-state index is 0.0449. The summed E-state index contributed by atoms with van der Waals surface area (Å²) >= 11 is 0. The van der Waals surface area contributed by atoms with Gasteiger partial charge < -0.3 is 10.2 Å². The highest BCUT2D eigenvalue weighted by Gasteiger charge is 2.26. The van der Waals surface area contributed by atoms with Crippen molar-refractivity contribution in [1.82, 2.24) is 20.3 Å². The second kappa shape index (κ2) is 7.65. The molecular weight excluding hydrogens is 345 g/mol. The van der Waals surface area contributed by atoms with Gasteiger partial charge in [-0.15, -0.1) is 0 Å². The molecule has 138 valence electrons. The maximum atomic E-state index is 13.7. The molecule has 7 heteroatoms. The largest absolute Gasteiger partial charge is 0.369 e. The summed E-state index contributed by atoms with van der Waals surface area (Å²) in [7, 11) is 0. The number of rotatable bonds is 4. The Hall–Kier alpha value is -3.09. The number of piperidine rings is 1. The van der Waals surface area contributed by atoms with E-state index in [1.54, 1.807) is 36.8 Å². The zero-order chi connectivity index (χ0) is 18.6. The van der Waals surface area contributed by atoms with Crippen molar-refractivity contribution in [3.63, 3.8) is 0 Å². The molecule has 1 aliphatic heterocycles. The van der Waals surface area contributed by atoms with Crippen molar-refractivity contribution < 1.29 is 9.18 Å². The van der Waals surface area contributed by atoms with E-state index in [1.165, 1.54) is 6.07 Å². The Morgan fingerprint density at radius 1 is 1.22 bits per heavy atom. The van der Waals surface area contributed by atoms with Crippen LogP contribution in [-0.4, -0.2) is 33.9 Å². The lowest BCUT2D eigenvalue weighted by atomic mass is 9.96. The molecule has 4 rings (SSSR count). The summed E-state index contributed by atoms with van der Waals surface area (Å²) < 4.78 is 13.7. The smallest absolute Gasteiger partial charge is 0.225 e. The van der Waals surface area contributed by atoms with Gasteiger partial charge in [-0.1, -0.05) is 18.2 Å². The predicted octanol–water partition coefficient (Wildman–Crippen LogP) is 2.70. The number of carbonyl (C=O) groups is 1. The Morgan fingerprint density at radius 3 is 2.96 bits per heavy atom. The van der Waals surface area contributed by atoms with Gasteiger partial charge in [0.15, 0.2) is 5.65 Å². The first kappa shape index (κ1) is 17.3. The van der Waals surface area contributed by atoms with Gasteiger partial charge in [-0.2, -0.15) is 0 Å². The van der Waals surface area contributed by atoms with Gasteiger partial charge in [0.2, 0.25) is 5.91 Å². The number of pyridine rings is 1. The van der Waals surface area contributed by atoms with E-state index < -0.39 is 0 Å². The fourth-order valence-electron chi connectivity index (χ4n) is 3.41. The predicted molar refractivity (Wildman–Crippen MR) is 101 cm³/mol. The van der Waals surface area contributed by atoms with Crippen molar-refractivity contribution in [3.05, 3.63) is 60.3 Å². The fourth-order valence-corrected chi connectivity index (χ4v) is 3.41. The maximum absolute atomic E-state index is 13.7. The highest BCUT2D eigenvalue weighted by Crippen LogP contribution is 2.24. The molecule has 0 radical (unpaired) electrons. The summed E-state index contributed by atoms with van der Waals surface area (Å²) in [5.74, 6) is -0.481. The molecule has 1 saturated heterocycles. The van der Waals surface area contributed by atoms with Gasteiger partial charge in [0.05, 0.1) is 17.8 Å². The van der Waals surface area contributed by atoms with E-state index >= 15 is 0 Å². The van der Waals surface area contributed by atoms with E-state index in [-0.39, 0.29) is 24.2 Å². The van der Waals surface area contributed by atoms with Crippen LogP contribution >= 0.6 is 0 Å². The minimum atomic E-state index is -0.300. The summed E-state index contributed by atoms with van der Waals surface area (Å²) in [6.45, 7) is 1.68. The van der Waals surface area contributed by atoms with Gasteiger partial charge in [0.1, 0.15) is 11.3 Å². The third-order valence-corrected chi connectivity index (χ3v) is 4.88. The first-order chi connectivity index (χ1) is 13.2. The second-order valence-electron chi connectivity index (χ2n) is 6.69. The number of benzene rings is 1. The molecule has 0 spiro atoms. The Kier molecular flexibility index (Phi) is 4.91. The molecule has 3 aromatic rings. The summed E-state index contributed by atoms with van der Waals surface area (Å²) in [5, 5.41) is 2.87. The molecule has 27 heavy (non-hydrogen) atoms. The van der Waals surface area contributed by atoms with Crippen molar-refractivity contribution in [2.75, 3.05) is 18.0 Å². The van der Waals surface area contributed by atoms with E-state index in [9.17, 15) is 9.18 Å². The number of amides is 1. The zero-order valence-corrected chi connectivity index (χ0v) is 14.8. The molecule has 1 atom stereocenters. The number of anilines is 1. The standard InChI is InChI=1S/C20H20FN5O/c21-17-6-2-1-4-14(17)11-25-20(27)15-5-3-9-26(13-15)16-10-18-19(24-12-16)23-8-7-22-18/h1-2,4,6-8,10,12,15H,3,5,9,11,13H2,(H,25,27)/t15-/m1/s1. The molecule has 0 saturated carbocycles. The first-order valence-corrected chi connectivity index (χ1v) is 9.03. The van der Waals surface area contributed by atoms with E-state index in [0.717, 1.165) is 30.6 Å².